The lowest BCUT2D eigenvalue weighted by molar-refractivity contribution is -0.138. The van der Waals surface area contributed by atoms with Gasteiger partial charge in [0.2, 0.25) is 11.8 Å². The molecule has 0 aromatic rings. The van der Waals surface area contributed by atoms with Gasteiger partial charge in [0.25, 0.3) is 0 Å². The topological polar surface area (TPSA) is 95.5 Å². The number of amides is 2. The fourth-order valence-electron chi connectivity index (χ4n) is 2.05. The third-order valence-electron chi connectivity index (χ3n) is 3.22. The van der Waals surface area contributed by atoms with Gasteiger partial charge in [-0.25, -0.2) is 0 Å². The van der Waals surface area contributed by atoms with E-state index >= 15 is 0 Å². The maximum absolute atomic E-state index is 12.1. The van der Waals surface area contributed by atoms with Crippen LogP contribution in [-0.2, 0) is 14.4 Å². The molecule has 1 aliphatic rings. The first-order valence-corrected chi connectivity index (χ1v) is 6.60. The van der Waals surface area contributed by atoms with Crippen molar-refractivity contribution in [2.24, 2.45) is 11.8 Å². The summed E-state index contributed by atoms with van der Waals surface area (Å²) in [5, 5.41) is 14.2. The number of hydrogen-bond donors (Lipinski definition) is 3. The summed E-state index contributed by atoms with van der Waals surface area (Å²) in [6, 6.07) is -0.951. The van der Waals surface area contributed by atoms with Crippen LogP contribution in [0.1, 0.15) is 40.0 Å². The van der Waals surface area contributed by atoms with Gasteiger partial charge in [0, 0.05) is 13.0 Å². The Morgan fingerprint density at radius 2 is 1.79 bits per heavy atom. The molecule has 6 heteroatoms. The Balaban J connectivity index is 2.62. The standard InChI is InChI=1S/C13H22N2O4/c1-7(2)12(14-8(3)16)13(19)15-10(6-11(17)18)9-4-5-9/h7,9-10,12H,4-6H2,1-3H3,(H,14,16)(H,15,19)(H,17,18). The Morgan fingerprint density at radius 1 is 1.21 bits per heavy atom. The van der Waals surface area contributed by atoms with Gasteiger partial charge in [0.1, 0.15) is 6.04 Å². The molecule has 0 radical (unpaired) electrons. The number of carboxylic acids is 1. The number of nitrogens with one attached hydrogen (secondary N) is 2. The zero-order chi connectivity index (χ0) is 14.6. The van der Waals surface area contributed by atoms with E-state index < -0.39 is 12.0 Å². The van der Waals surface area contributed by atoms with Gasteiger partial charge >= 0.3 is 5.97 Å². The van der Waals surface area contributed by atoms with Gasteiger partial charge in [-0.1, -0.05) is 13.8 Å². The summed E-state index contributed by atoms with van der Waals surface area (Å²) in [4.78, 5) is 34.0. The van der Waals surface area contributed by atoms with Crippen molar-refractivity contribution in [2.45, 2.75) is 52.1 Å². The zero-order valence-electron chi connectivity index (χ0n) is 11.6. The van der Waals surface area contributed by atoms with Crippen LogP contribution in [0.3, 0.4) is 0 Å². The lowest BCUT2D eigenvalue weighted by Gasteiger charge is -2.24. The number of carbonyl (C=O) groups is 3. The van der Waals surface area contributed by atoms with Gasteiger partial charge in [-0.05, 0) is 24.7 Å². The fourth-order valence-corrected chi connectivity index (χ4v) is 2.05. The molecule has 0 aliphatic heterocycles. The molecule has 2 unspecified atom stereocenters. The van der Waals surface area contributed by atoms with Crippen molar-refractivity contribution in [3.63, 3.8) is 0 Å². The van der Waals surface area contributed by atoms with E-state index in [1.54, 1.807) is 0 Å². The summed E-state index contributed by atoms with van der Waals surface area (Å²) in [5.41, 5.74) is 0. The van der Waals surface area contributed by atoms with E-state index in [0.29, 0.717) is 0 Å². The van der Waals surface area contributed by atoms with E-state index in [0.717, 1.165) is 12.8 Å². The largest absolute Gasteiger partial charge is 0.481 e. The molecular weight excluding hydrogens is 248 g/mol. The van der Waals surface area contributed by atoms with Gasteiger partial charge in [-0.3, -0.25) is 14.4 Å². The Morgan fingerprint density at radius 3 is 2.16 bits per heavy atom. The minimum absolute atomic E-state index is 0.0476. The summed E-state index contributed by atoms with van der Waals surface area (Å²) in [6.45, 7) is 5.03. The summed E-state index contributed by atoms with van der Waals surface area (Å²) in [6.07, 6.45) is 1.83. The van der Waals surface area contributed by atoms with Crippen LogP contribution in [0.2, 0.25) is 0 Å². The first-order valence-electron chi connectivity index (χ1n) is 6.60. The minimum atomic E-state index is -0.919. The third kappa shape index (κ3) is 5.28. The molecule has 2 amide bonds. The lowest BCUT2D eigenvalue weighted by Crippen LogP contribution is -2.52. The minimum Gasteiger partial charge on any atom is -0.481 e. The van der Waals surface area contributed by atoms with Gasteiger partial charge in [-0.2, -0.15) is 0 Å². The molecule has 0 spiro atoms. The molecule has 0 saturated heterocycles. The van der Waals surface area contributed by atoms with E-state index in [2.05, 4.69) is 10.6 Å². The van der Waals surface area contributed by atoms with Crippen LogP contribution >= 0.6 is 0 Å². The number of aliphatic carboxylic acids is 1. The third-order valence-corrected chi connectivity index (χ3v) is 3.22. The van der Waals surface area contributed by atoms with E-state index in [9.17, 15) is 14.4 Å². The highest BCUT2D eigenvalue weighted by atomic mass is 16.4. The molecule has 0 bridgehead atoms. The molecule has 0 heterocycles. The van der Waals surface area contributed by atoms with E-state index in [1.165, 1.54) is 6.92 Å². The van der Waals surface area contributed by atoms with E-state index in [-0.39, 0.29) is 36.1 Å². The van der Waals surface area contributed by atoms with Crippen molar-refractivity contribution in [3.05, 3.63) is 0 Å². The van der Waals surface area contributed by atoms with Crippen LogP contribution in [0.25, 0.3) is 0 Å². The van der Waals surface area contributed by atoms with Crippen molar-refractivity contribution in [1.82, 2.24) is 10.6 Å². The first-order chi connectivity index (χ1) is 8.81. The highest BCUT2D eigenvalue weighted by Crippen LogP contribution is 2.34. The van der Waals surface area contributed by atoms with Crippen LogP contribution in [-0.4, -0.2) is 35.0 Å². The van der Waals surface area contributed by atoms with Crippen LogP contribution in [0.5, 0.6) is 0 Å². The molecule has 19 heavy (non-hydrogen) atoms. The fraction of sp³-hybridized carbons (Fsp3) is 0.769. The number of hydrogen-bond acceptors (Lipinski definition) is 3. The average Bonchev–Trinajstić information content (AvgIpc) is 3.07. The maximum atomic E-state index is 12.1. The zero-order valence-corrected chi connectivity index (χ0v) is 11.6. The molecule has 1 saturated carbocycles. The van der Waals surface area contributed by atoms with Crippen molar-refractivity contribution >= 4 is 17.8 Å². The van der Waals surface area contributed by atoms with Crippen molar-refractivity contribution in [3.8, 4) is 0 Å². The Labute approximate surface area is 112 Å². The molecule has 0 aromatic heterocycles. The smallest absolute Gasteiger partial charge is 0.305 e. The Bertz CT molecular complexity index is 364. The van der Waals surface area contributed by atoms with Crippen LogP contribution in [0.4, 0.5) is 0 Å². The van der Waals surface area contributed by atoms with E-state index in [4.69, 9.17) is 5.11 Å². The first kappa shape index (κ1) is 15.5. The highest BCUT2D eigenvalue weighted by Gasteiger charge is 2.35. The molecule has 1 aliphatic carbocycles. The van der Waals surface area contributed by atoms with Gasteiger partial charge in [0.05, 0.1) is 6.42 Å². The van der Waals surface area contributed by atoms with Crippen LogP contribution in [0, 0.1) is 11.8 Å². The van der Waals surface area contributed by atoms with Crippen molar-refractivity contribution in [1.29, 1.82) is 0 Å². The van der Waals surface area contributed by atoms with Crippen LogP contribution < -0.4 is 10.6 Å². The van der Waals surface area contributed by atoms with Crippen molar-refractivity contribution in [2.75, 3.05) is 0 Å². The molecular formula is C13H22N2O4. The summed E-state index contributed by atoms with van der Waals surface area (Å²) in [7, 11) is 0. The second-order valence-corrected chi connectivity index (χ2v) is 5.47. The lowest BCUT2D eigenvalue weighted by atomic mass is 10.0. The number of carboxylic acid groups (broad SMARTS) is 1. The van der Waals surface area contributed by atoms with Crippen molar-refractivity contribution < 1.29 is 19.5 Å². The molecule has 0 aromatic carbocycles. The molecule has 2 atom stereocenters. The molecule has 108 valence electrons. The molecule has 6 nitrogen and oxygen atoms in total. The van der Waals surface area contributed by atoms with Gasteiger partial charge < -0.3 is 15.7 Å². The quantitative estimate of drug-likeness (QED) is 0.628. The maximum Gasteiger partial charge on any atom is 0.305 e. The Hall–Kier alpha value is -1.59. The number of carbonyl (C=O) groups excluding carboxylic acids is 2. The monoisotopic (exact) mass is 270 g/mol. The van der Waals surface area contributed by atoms with Crippen LogP contribution in [0.15, 0.2) is 0 Å². The Kier molecular flexibility index (Phi) is 5.32. The normalized spacial score (nSPS) is 17.7. The second-order valence-electron chi connectivity index (χ2n) is 5.47. The molecule has 1 fully saturated rings. The average molecular weight is 270 g/mol. The predicted octanol–water partition coefficient (Wildman–Crippen LogP) is 0.517. The summed E-state index contributed by atoms with van der Waals surface area (Å²) >= 11 is 0. The highest BCUT2D eigenvalue weighted by molar-refractivity contribution is 5.87. The SMILES string of the molecule is CC(=O)NC(C(=O)NC(CC(=O)O)C1CC1)C(C)C. The van der Waals surface area contributed by atoms with E-state index in [1.807, 2.05) is 13.8 Å². The molecule has 1 rings (SSSR count). The number of rotatable bonds is 7. The van der Waals surface area contributed by atoms with Gasteiger partial charge in [-0.15, -0.1) is 0 Å². The predicted molar refractivity (Wildman–Crippen MR) is 69.4 cm³/mol. The molecule has 3 N–H and O–H groups in total. The second kappa shape index (κ2) is 6.54. The summed E-state index contributed by atoms with van der Waals surface area (Å²) in [5.74, 6) is -1.28. The van der Waals surface area contributed by atoms with Gasteiger partial charge in [0.15, 0.2) is 0 Å². The summed E-state index contributed by atoms with van der Waals surface area (Å²) < 4.78 is 0.